The van der Waals surface area contributed by atoms with E-state index >= 15 is 0 Å². The van der Waals surface area contributed by atoms with Gasteiger partial charge in [-0.1, -0.05) is 36.4 Å². The Balaban J connectivity index is 1.88. The molecule has 3 rings (SSSR count). The molecule has 0 aliphatic carbocycles. The van der Waals surface area contributed by atoms with E-state index in [0.29, 0.717) is 13.2 Å². The van der Waals surface area contributed by atoms with Crippen LogP contribution in [0.5, 0.6) is 0 Å². The number of rotatable bonds is 3. The molecular formula is C17H20N2O2. The zero-order chi connectivity index (χ0) is 14.7. The lowest BCUT2D eigenvalue weighted by Gasteiger charge is -2.24. The maximum absolute atomic E-state index is 12.5. The van der Waals surface area contributed by atoms with E-state index in [9.17, 15) is 4.79 Å². The van der Waals surface area contributed by atoms with Gasteiger partial charge >= 0.3 is 6.03 Å². The van der Waals surface area contributed by atoms with Crippen LogP contribution in [0.15, 0.2) is 42.5 Å². The molecule has 110 valence electrons. The maximum Gasteiger partial charge on any atom is 0.322 e. The molecule has 0 aromatic heterocycles. The molecule has 0 bridgehead atoms. The Labute approximate surface area is 124 Å². The van der Waals surface area contributed by atoms with Gasteiger partial charge in [-0.05, 0) is 24.8 Å². The van der Waals surface area contributed by atoms with E-state index < -0.39 is 0 Å². The predicted molar refractivity (Wildman–Crippen MR) is 84.7 cm³/mol. The normalized spacial score (nSPS) is 17.9. The molecule has 4 heteroatoms. The fraction of sp³-hybridized carbons (Fsp3) is 0.353. The maximum atomic E-state index is 12.5. The van der Waals surface area contributed by atoms with Gasteiger partial charge in [-0.15, -0.1) is 0 Å². The van der Waals surface area contributed by atoms with Crippen molar-refractivity contribution in [3.63, 3.8) is 0 Å². The average molecular weight is 284 g/mol. The van der Waals surface area contributed by atoms with Crippen molar-refractivity contribution in [1.82, 2.24) is 5.32 Å². The fourth-order valence-corrected chi connectivity index (χ4v) is 2.77. The van der Waals surface area contributed by atoms with Crippen molar-refractivity contribution in [3.8, 4) is 0 Å². The molecule has 2 amide bonds. The van der Waals surface area contributed by atoms with E-state index in [0.717, 1.165) is 29.5 Å². The van der Waals surface area contributed by atoms with Gasteiger partial charge in [0.15, 0.2) is 0 Å². The predicted octanol–water partition coefficient (Wildman–Crippen LogP) is 3.16. The van der Waals surface area contributed by atoms with Gasteiger partial charge in [-0.3, -0.25) is 4.90 Å². The summed E-state index contributed by atoms with van der Waals surface area (Å²) in [6, 6.07) is 14.3. The molecule has 1 fully saturated rings. The molecule has 21 heavy (non-hydrogen) atoms. The third-order valence-corrected chi connectivity index (χ3v) is 3.88. The Morgan fingerprint density at radius 1 is 1.29 bits per heavy atom. The quantitative estimate of drug-likeness (QED) is 0.940. The minimum Gasteiger partial charge on any atom is -0.379 e. The number of urea groups is 1. The number of carbonyl (C=O) groups is 1. The molecule has 1 unspecified atom stereocenters. The summed E-state index contributed by atoms with van der Waals surface area (Å²) in [6.45, 7) is 3.96. The first-order valence-corrected chi connectivity index (χ1v) is 7.43. The molecule has 0 spiro atoms. The summed E-state index contributed by atoms with van der Waals surface area (Å²) in [5, 5.41) is 5.30. The summed E-state index contributed by atoms with van der Waals surface area (Å²) >= 11 is 0. The van der Waals surface area contributed by atoms with Crippen LogP contribution in [0.25, 0.3) is 10.8 Å². The number of nitrogens with zero attached hydrogens (tertiary/aromatic N) is 1. The molecular weight excluding hydrogens is 264 g/mol. The van der Waals surface area contributed by atoms with Gasteiger partial charge in [0.25, 0.3) is 0 Å². The number of hydrogen-bond donors (Lipinski definition) is 1. The largest absolute Gasteiger partial charge is 0.379 e. The number of hydrogen-bond acceptors (Lipinski definition) is 2. The molecule has 1 aliphatic rings. The van der Waals surface area contributed by atoms with E-state index in [1.807, 2.05) is 31.2 Å². The smallest absolute Gasteiger partial charge is 0.322 e. The van der Waals surface area contributed by atoms with Crippen LogP contribution in [0.3, 0.4) is 0 Å². The highest BCUT2D eigenvalue weighted by molar-refractivity contribution is 6.03. The number of amides is 2. The van der Waals surface area contributed by atoms with Gasteiger partial charge in [0.2, 0.25) is 0 Å². The minimum atomic E-state index is -0.0515. The van der Waals surface area contributed by atoms with E-state index in [4.69, 9.17) is 4.74 Å². The summed E-state index contributed by atoms with van der Waals surface area (Å²) < 4.78 is 5.31. The Morgan fingerprint density at radius 2 is 2.10 bits per heavy atom. The average Bonchev–Trinajstić information content (AvgIpc) is 3.01. The minimum absolute atomic E-state index is 0.0515. The van der Waals surface area contributed by atoms with Crippen LogP contribution >= 0.6 is 0 Å². The Kier molecular flexibility index (Phi) is 4.06. The van der Waals surface area contributed by atoms with E-state index in [1.165, 1.54) is 0 Å². The number of nitrogens with one attached hydrogen (secondary N) is 1. The van der Waals surface area contributed by atoms with Gasteiger partial charge in [-0.2, -0.15) is 0 Å². The summed E-state index contributed by atoms with van der Waals surface area (Å²) in [6.07, 6.45) is 0.888. The molecule has 4 nitrogen and oxygen atoms in total. The highest BCUT2D eigenvalue weighted by Crippen LogP contribution is 2.26. The van der Waals surface area contributed by atoms with Crippen LogP contribution in [0.2, 0.25) is 0 Å². The van der Waals surface area contributed by atoms with E-state index in [-0.39, 0.29) is 12.1 Å². The van der Waals surface area contributed by atoms with Gasteiger partial charge in [0, 0.05) is 18.5 Å². The van der Waals surface area contributed by atoms with E-state index in [1.54, 1.807) is 4.90 Å². The Hall–Kier alpha value is -2.07. The molecule has 2 aromatic carbocycles. The van der Waals surface area contributed by atoms with Crippen LogP contribution in [0.1, 0.15) is 13.3 Å². The number of benzene rings is 2. The molecule has 0 radical (unpaired) electrons. The summed E-state index contributed by atoms with van der Waals surface area (Å²) in [7, 11) is 0. The fourth-order valence-electron chi connectivity index (χ4n) is 2.77. The van der Waals surface area contributed by atoms with Crippen LogP contribution in [-0.4, -0.2) is 31.8 Å². The van der Waals surface area contributed by atoms with Gasteiger partial charge < -0.3 is 10.1 Å². The molecule has 1 aliphatic heterocycles. The Bertz CT molecular complexity index is 630. The van der Waals surface area contributed by atoms with Crippen LogP contribution in [0, 0.1) is 0 Å². The number of fused-ring (bicyclic) bond motifs is 1. The first kappa shape index (κ1) is 13.9. The van der Waals surface area contributed by atoms with Crippen LogP contribution in [-0.2, 0) is 4.74 Å². The second-order valence-corrected chi connectivity index (χ2v) is 5.25. The zero-order valence-electron chi connectivity index (χ0n) is 12.2. The zero-order valence-corrected chi connectivity index (χ0v) is 12.2. The van der Waals surface area contributed by atoms with Crippen molar-refractivity contribution in [2.24, 2.45) is 0 Å². The number of anilines is 1. The molecule has 0 saturated carbocycles. The van der Waals surface area contributed by atoms with Crippen molar-refractivity contribution < 1.29 is 9.53 Å². The highest BCUT2D eigenvalue weighted by atomic mass is 16.5. The summed E-state index contributed by atoms with van der Waals surface area (Å²) in [4.78, 5) is 14.3. The lowest BCUT2D eigenvalue weighted by molar-refractivity contribution is 0.189. The van der Waals surface area contributed by atoms with Crippen molar-refractivity contribution in [1.29, 1.82) is 0 Å². The van der Waals surface area contributed by atoms with E-state index in [2.05, 4.69) is 23.5 Å². The van der Waals surface area contributed by atoms with Gasteiger partial charge in [0.05, 0.1) is 18.3 Å². The van der Waals surface area contributed by atoms with Crippen molar-refractivity contribution in [2.75, 3.05) is 24.7 Å². The topological polar surface area (TPSA) is 41.6 Å². The second-order valence-electron chi connectivity index (χ2n) is 5.25. The lowest BCUT2D eigenvalue weighted by atomic mass is 10.1. The Morgan fingerprint density at radius 3 is 2.86 bits per heavy atom. The molecule has 2 aromatic rings. The first-order valence-electron chi connectivity index (χ1n) is 7.43. The number of ether oxygens (including phenoxy) is 1. The molecule has 1 atom stereocenters. The van der Waals surface area contributed by atoms with Crippen LogP contribution in [0.4, 0.5) is 10.5 Å². The van der Waals surface area contributed by atoms with Crippen molar-refractivity contribution >= 4 is 22.5 Å². The van der Waals surface area contributed by atoms with Crippen molar-refractivity contribution in [2.45, 2.75) is 19.4 Å². The van der Waals surface area contributed by atoms with Gasteiger partial charge in [-0.25, -0.2) is 4.79 Å². The molecule has 1 N–H and O–H groups in total. The van der Waals surface area contributed by atoms with Crippen LogP contribution < -0.4 is 10.2 Å². The molecule has 1 heterocycles. The first-order chi connectivity index (χ1) is 10.3. The van der Waals surface area contributed by atoms with Gasteiger partial charge in [0.1, 0.15) is 0 Å². The number of carbonyl (C=O) groups excluding carboxylic acids is 1. The monoisotopic (exact) mass is 284 g/mol. The highest BCUT2D eigenvalue weighted by Gasteiger charge is 2.22. The third kappa shape index (κ3) is 2.85. The molecule has 1 saturated heterocycles. The summed E-state index contributed by atoms with van der Waals surface area (Å²) in [5.41, 5.74) is 0.951. The van der Waals surface area contributed by atoms with Crippen molar-refractivity contribution in [3.05, 3.63) is 42.5 Å². The second kappa shape index (κ2) is 6.14. The standard InChI is InChI=1S/C17H20N2O2/c1-2-19(17(20)18-14-10-11-21-12-14)16-9-5-7-13-6-3-4-8-15(13)16/h3-9,14H,2,10-12H2,1H3,(H,18,20). The lowest BCUT2D eigenvalue weighted by Crippen LogP contribution is -2.45. The third-order valence-electron chi connectivity index (χ3n) is 3.88. The SMILES string of the molecule is CCN(C(=O)NC1CCOC1)c1cccc2ccccc12. The summed E-state index contributed by atoms with van der Waals surface area (Å²) in [5.74, 6) is 0.